The third kappa shape index (κ3) is 4.83. The van der Waals surface area contributed by atoms with E-state index >= 15 is 0 Å². The molecule has 2 atom stereocenters. The Morgan fingerprint density at radius 1 is 1.23 bits per heavy atom. The summed E-state index contributed by atoms with van der Waals surface area (Å²) in [6, 6.07) is 7.86. The lowest BCUT2D eigenvalue weighted by Crippen LogP contribution is -2.30. The molecule has 35 heavy (non-hydrogen) atoms. The molecule has 184 valence electrons. The van der Waals surface area contributed by atoms with E-state index in [4.69, 9.17) is 0 Å². The molecule has 2 aliphatic rings. The molecule has 3 aromatic rings. The van der Waals surface area contributed by atoms with Crippen molar-refractivity contribution < 1.29 is 17.6 Å². The normalized spacial score (nSPS) is 19.7. The zero-order chi connectivity index (χ0) is 24.9. The minimum absolute atomic E-state index is 0.0838. The van der Waals surface area contributed by atoms with Gasteiger partial charge in [0.15, 0.2) is 5.82 Å². The van der Waals surface area contributed by atoms with E-state index < -0.39 is 21.7 Å². The Balaban J connectivity index is 1.34. The fourth-order valence-corrected chi connectivity index (χ4v) is 5.87. The molecule has 2 heterocycles. The second kappa shape index (κ2) is 8.80. The number of amides is 1. The van der Waals surface area contributed by atoms with Crippen LogP contribution in [0.3, 0.4) is 0 Å². The lowest BCUT2D eigenvalue weighted by Gasteiger charge is -2.12. The summed E-state index contributed by atoms with van der Waals surface area (Å²) < 4.78 is 43.9. The van der Waals surface area contributed by atoms with E-state index in [1.807, 2.05) is 18.4 Å². The number of hydrogen-bond acceptors (Lipinski definition) is 6. The Morgan fingerprint density at radius 2 is 2.00 bits per heavy atom. The zero-order valence-corrected chi connectivity index (χ0v) is 20.5. The van der Waals surface area contributed by atoms with Gasteiger partial charge in [0.1, 0.15) is 23.7 Å². The van der Waals surface area contributed by atoms with Gasteiger partial charge < -0.3 is 9.88 Å². The van der Waals surface area contributed by atoms with Crippen LogP contribution in [0.4, 0.5) is 10.2 Å². The molecule has 0 aliphatic heterocycles. The first kappa shape index (κ1) is 23.6. The summed E-state index contributed by atoms with van der Waals surface area (Å²) in [5.74, 6) is -0.536. The second-order valence-corrected chi connectivity index (χ2v) is 11.5. The highest BCUT2D eigenvalue weighted by molar-refractivity contribution is 7.90. The molecule has 2 N–H and O–H groups in total. The number of benzene rings is 1. The summed E-state index contributed by atoms with van der Waals surface area (Å²) in [6.45, 7) is 5.76. The molecule has 1 aromatic carbocycles. The van der Waals surface area contributed by atoms with Crippen molar-refractivity contribution in [1.82, 2.24) is 24.5 Å². The largest absolute Gasteiger partial charge is 0.310 e. The van der Waals surface area contributed by atoms with Gasteiger partial charge in [-0.3, -0.25) is 4.79 Å². The van der Waals surface area contributed by atoms with Crippen molar-refractivity contribution >= 4 is 21.7 Å². The third-order valence-corrected chi connectivity index (χ3v) is 8.40. The Hall–Kier alpha value is -3.18. The van der Waals surface area contributed by atoms with Crippen LogP contribution in [0.25, 0.3) is 11.5 Å². The zero-order valence-electron chi connectivity index (χ0n) is 19.7. The molecule has 2 saturated carbocycles. The Kier molecular flexibility index (Phi) is 5.92. The summed E-state index contributed by atoms with van der Waals surface area (Å²) in [5.41, 5.74) is 1.87. The molecule has 9 nitrogen and oxygen atoms in total. The molecular formula is C24H27FN6O3S. The molecule has 0 radical (unpaired) electrons. The van der Waals surface area contributed by atoms with Crippen molar-refractivity contribution in [2.24, 2.45) is 0 Å². The number of rotatable bonds is 8. The van der Waals surface area contributed by atoms with Gasteiger partial charge in [-0.25, -0.2) is 22.5 Å². The fraction of sp³-hybridized carbons (Fsp3) is 0.417. The Bertz CT molecular complexity index is 1400. The standard InChI is InChI=1S/C24H27FN6O3S/c1-13(2)31-12-26-29-23(31)20-5-4-6-22(27-20)28-24(32)18-10-16(14(3)9-19(18)25)17-11-21(17)30-35(33,34)15-7-8-15/h4-6,9-10,12-13,15,17,21,30H,7-8,11H2,1-3H3,(H,27,28,32). The van der Waals surface area contributed by atoms with Crippen molar-refractivity contribution in [3.8, 4) is 11.5 Å². The third-order valence-electron chi connectivity index (χ3n) is 6.42. The van der Waals surface area contributed by atoms with Gasteiger partial charge in [-0.05, 0) is 75.4 Å². The summed E-state index contributed by atoms with van der Waals surface area (Å²) in [5, 5.41) is 10.4. The average molecular weight is 499 g/mol. The first-order valence-corrected chi connectivity index (χ1v) is 13.2. The Morgan fingerprint density at radius 3 is 2.71 bits per heavy atom. The van der Waals surface area contributed by atoms with Crippen LogP contribution < -0.4 is 10.0 Å². The smallest absolute Gasteiger partial charge is 0.259 e. The summed E-state index contributed by atoms with van der Waals surface area (Å²) in [7, 11) is -3.31. The minimum Gasteiger partial charge on any atom is -0.310 e. The van der Waals surface area contributed by atoms with Gasteiger partial charge in [0.2, 0.25) is 10.0 Å². The van der Waals surface area contributed by atoms with Crippen LogP contribution >= 0.6 is 0 Å². The van der Waals surface area contributed by atoms with Crippen LogP contribution in [0.5, 0.6) is 0 Å². The number of carbonyl (C=O) groups is 1. The quantitative estimate of drug-likeness (QED) is 0.490. The number of carbonyl (C=O) groups excluding carboxylic acids is 1. The summed E-state index contributed by atoms with van der Waals surface area (Å²) in [4.78, 5) is 17.4. The van der Waals surface area contributed by atoms with Crippen molar-refractivity contribution in [3.05, 3.63) is 59.2 Å². The van der Waals surface area contributed by atoms with Gasteiger partial charge >= 0.3 is 0 Å². The van der Waals surface area contributed by atoms with E-state index in [0.717, 1.165) is 5.56 Å². The highest BCUT2D eigenvalue weighted by Crippen LogP contribution is 2.44. The van der Waals surface area contributed by atoms with Crippen LogP contribution in [0.15, 0.2) is 36.7 Å². The van der Waals surface area contributed by atoms with Crippen LogP contribution in [0, 0.1) is 12.7 Å². The van der Waals surface area contributed by atoms with E-state index in [9.17, 15) is 17.6 Å². The number of nitrogens with one attached hydrogen (secondary N) is 2. The molecule has 2 aliphatic carbocycles. The molecule has 2 unspecified atom stereocenters. The maximum Gasteiger partial charge on any atom is 0.259 e. The number of aryl methyl sites for hydroxylation is 1. The van der Waals surface area contributed by atoms with E-state index in [2.05, 4.69) is 25.2 Å². The summed E-state index contributed by atoms with van der Waals surface area (Å²) in [6.07, 6.45) is 3.63. The van der Waals surface area contributed by atoms with Crippen LogP contribution in [0.2, 0.25) is 0 Å². The predicted octanol–water partition coefficient (Wildman–Crippen LogP) is 3.56. The van der Waals surface area contributed by atoms with Crippen LogP contribution in [-0.4, -0.2) is 45.4 Å². The summed E-state index contributed by atoms with van der Waals surface area (Å²) >= 11 is 0. The highest BCUT2D eigenvalue weighted by Gasteiger charge is 2.46. The number of aromatic nitrogens is 4. The molecule has 0 saturated heterocycles. The maximum atomic E-state index is 14.8. The number of hydrogen-bond donors (Lipinski definition) is 2. The monoisotopic (exact) mass is 498 g/mol. The molecular weight excluding hydrogens is 471 g/mol. The lowest BCUT2D eigenvalue weighted by molar-refractivity contribution is 0.102. The van der Waals surface area contributed by atoms with Gasteiger partial charge in [-0.15, -0.1) is 10.2 Å². The molecule has 11 heteroatoms. The van der Waals surface area contributed by atoms with Crippen molar-refractivity contribution in [3.63, 3.8) is 0 Å². The maximum absolute atomic E-state index is 14.8. The fourth-order valence-electron chi connectivity index (χ4n) is 4.23. The highest BCUT2D eigenvalue weighted by atomic mass is 32.2. The molecule has 2 fully saturated rings. The SMILES string of the molecule is Cc1cc(F)c(C(=O)Nc2cccc(-c3nncn3C(C)C)n2)cc1C1CC1NS(=O)(=O)C1CC1. The van der Waals surface area contributed by atoms with E-state index in [-0.39, 0.29) is 34.6 Å². The molecule has 2 aromatic heterocycles. The molecule has 0 spiro atoms. The van der Waals surface area contributed by atoms with Crippen molar-refractivity contribution in [2.75, 3.05) is 5.32 Å². The minimum atomic E-state index is -3.31. The van der Waals surface area contributed by atoms with E-state index in [1.165, 1.54) is 12.1 Å². The van der Waals surface area contributed by atoms with Crippen LogP contribution in [0.1, 0.15) is 66.6 Å². The van der Waals surface area contributed by atoms with Gasteiger partial charge in [-0.1, -0.05) is 6.07 Å². The number of anilines is 1. The number of pyridine rings is 1. The van der Waals surface area contributed by atoms with E-state index in [1.54, 1.807) is 31.5 Å². The first-order valence-electron chi connectivity index (χ1n) is 11.6. The van der Waals surface area contributed by atoms with Crippen LogP contribution in [-0.2, 0) is 10.0 Å². The number of halogens is 1. The van der Waals surface area contributed by atoms with E-state index in [0.29, 0.717) is 36.3 Å². The van der Waals surface area contributed by atoms with Gasteiger partial charge in [-0.2, -0.15) is 0 Å². The molecule has 5 rings (SSSR count). The van der Waals surface area contributed by atoms with Gasteiger partial charge in [0.25, 0.3) is 5.91 Å². The number of sulfonamides is 1. The lowest BCUT2D eigenvalue weighted by atomic mass is 10.00. The van der Waals surface area contributed by atoms with Crippen molar-refractivity contribution in [2.45, 2.75) is 63.3 Å². The number of nitrogens with zero attached hydrogens (tertiary/aromatic N) is 4. The first-order chi connectivity index (χ1) is 16.6. The Labute approximate surface area is 203 Å². The van der Waals surface area contributed by atoms with Gasteiger partial charge in [0, 0.05) is 18.0 Å². The second-order valence-electron chi connectivity index (χ2n) is 9.52. The van der Waals surface area contributed by atoms with Gasteiger partial charge in [0.05, 0.1) is 10.8 Å². The van der Waals surface area contributed by atoms with Crippen molar-refractivity contribution in [1.29, 1.82) is 0 Å². The molecule has 1 amide bonds. The molecule has 0 bridgehead atoms. The predicted molar refractivity (Wildman–Crippen MR) is 129 cm³/mol. The average Bonchev–Trinajstić information content (AvgIpc) is 3.72. The topological polar surface area (TPSA) is 119 Å².